The van der Waals surface area contributed by atoms with Crippen molar-refractivity contribution in [1.82, 2.24) is 9.47 Å². The highest BCUT2D eigenvalue weighted by molar-refractivity contribution is 5.85. The highest BCUT2D eigenvalue weighted by Gasteiger charge is 2.20. The number of hydrogen-bond acceptors (Lipinski definition) is 1. The van der Waals surface area contributed by atoms with Gasteiger partial charge < -0.3 is 9.47 Å². The van der Waals surface area contributed by atoms with Gasteiger partial charge in [0.1, 0.15) is 0 Å². The molecule has 0 unspecified atom stereocenters. The SMILES string of the molecule is CN1CCCc2c(c3ccccc3n2CCc2ccccc2)C1. The van der Waals surface area contributed by atoms with Crippen LogP contribution >= 0.6 is 0 Å². The highest BCUT2D eigenvalue weighted by atomic mass is 15.1. The molecular weight excluding hydrogens is 280 g/mol. The first kappa shape index (κ1) is 14.5. The maximum absolute atomic E-state index is 2.58. The smallest absolute Gasteiger partial charge is 0.0485 e. The lowest BCUT2D eigenvalue weighted by atomic mass is 10.1. The first-order chi connectivity index (χ1) is 11.3. The number of para-hydroxylation sites is 1. The largest absolute Gasteiger partial charge is 0.344 e. The molecular formula is C21H24N2. The van der Waals surface area contributed by atoms with E-state index in [1.807, 2.05) is 0 Å². The zero-order valence-corrected chi connectivity index (χ0v) is 13.8. The molecule has 2 aromatic carbocycles. The van der Waals surface area contributed by atoms with Crippen LogP contribution in [0.3, 0.4) is 0 Å². The fourth-order valence-corrected chi connectivity index (χ4v) is 3.90. The van der Waals surface area contributed by atoms with E-state index in [1.165, 1.54) is 35.9 Å². The zero-order valence-electron chi connectivity index (χ0n) is 13.8. The van der Waals surface area contributed by atoms with Crippen LogP contribution in [0.15, 0.2) is 54.6 Å². The average molecular weight is 304 g/mol. The summed E-state index contributed by atoms with van der Waals surface area (Å²) in [7, 11) is 2.24. The molecule has 118 valence electrons. The Hall–Kier alpha value is -2.06. The molecule has 0 atom stereocenters. The molecule has 0 saturated heterocycles. The van der Waals surface area contributed by atoms with E-state index >= 15 is 0 Å². The molecule has 3 aromatic rings. The number of fused-ring (bicyclic) bond motifs is 3. The van der Waals surface area contributed by atoms with E-state index in [-0.39, 0.29) is 0 Å². The standard InChI is InChI=1S/C21H24N2/c1-22-14-7-12-21-19(16-22)18-10-5-6-11-20(18)23(21)15-13-17-8-3-2-4-9-17/h2-6,8-11H,7,12-16H2,1H3. The summed E-state index contributed by atoms with van der Waals surface area (Å²) < 4.78 is 2.58. The second-order valence-corrected chi connectivity index (χ2v) is 6.67. The van der Waals surface area contributed by atoms with E-state index in [0.29, 0.717) is 0 Å². The summed E-state index contributed by atoms with van der Waals surface area (Å²) >= 11 is 0. The lowest BCUT2D eigenvalue weighted by Gasteiger charge is -2.12. The molecule has 2 heteroatoms. The van der Waals surface area contributed by atoms with E-state index < -0.39 is 0 Å². The first-order valence-corrected chi connectivity index (χ1v) is 8.64. The monoisotopic (exact) mass is 304 g/mol. The molecule has 0 saturated carbocycles. The number of benzene rings is 2. The fraction of sp³-hybridized carbons (Fsp3) is 0.333. The van der Waals surface area contributed by atoms with Gasteiger partial charge in [-0.2, -0.15) is 0 Å². The highest BCUT2D eigenvalue weighted by Crippen LogP contribution is 2.30. The first-order valence-electron chi connectivity index (χ1n) is 8.64. The minimum atomic E-state index is 1.07. The number of aromatic nitrogens is 1. The Labute approximate surface area is 138 Å². The van der Waals surface area contributed by atoms with Crippen LogP contribution < -0.4 is 0 Å². The van der Waals surface area contributed by atoms with Crippen molar-refractivity contribution in [1.29, 1.82) is 0 Å². The summed E-state index contributed by atoms with van der Waals surface area (Å²) in [6.45, 7) is 3.35. The van der Waals surface area contributed by atoms with Crippen molar-refractivity contribution in [2.45, 2.75) is 32.4 Å². The van der Waals surface area contributed by atoms with Crippen molar-refractivity contribution in [3.63, 3.8) is 0 Å². The summed E-state index contributed by atoms with van der Waals surface area (Å²) in [6, 6.07) is 19.8. The van der Waals surface area contributed by atoms with Crippen molar-refractivity contribution in [3.05, 3.63) is 71.4 Å². The second-order valence-electron chi connectivity index (χ2n) is 6.67. The normalized spacial score (nSPS) is 15.5. The summed E-state index contributed by atoms with van der Waals surface area (Å²) in [4.78, 5) is 2.46. The number of rotatable bonds is 3. The van der Waals surface area contributed by atoms with Gasteiger partial charge in [-0.25, -0.2) is 0 Å². The van der Waals surface area contributed by atoms with Crippen LogP contribution in [0.5, 0.6) is 0 Å². The van der Waals surface area contributed by atoms with E-state index in [9.17, 15) is 0 Å². The Morgan fingerprint density at radius 1 is 0.957 bits per heavy atom. The molecule has 0 radical (unpaired) electrons. The molecule has 1 aliphatic heterocycles. The van der Waals surface area contributed by atoms with Gasteiger partial charge in [-0.15, -0.1) is 0 Å². The van der Waals surface area contributed by atoms with Crippen molar-refractivity contribution < 1.29 is 0 Å². The van der Waals surface area contributed by atoms with Crippen molar-refractivity contribution in [2.75, 3.05) is 13.6 Å². The maximum Gasteiger partial charge on any atom is 0.0485 e. The Balaban J connectivity index is 1.75. The molecule has 23 heavy (non-hydrogen) atoms. The summed E-state index contributed by atoms with van der Waals surface area (Å²) in [5.41, 5.74) is 5.94. The molecule has 1 aliphatic rings. The Kier molecular flexibility index (Phi) is 3.92. The topological polar surface area (TPSA) is 8.17 Å². The molecule has 0 N–H and O–H groups in total. The van der Waals surface area contributed by atoms with Crippen molar-refractivity contribution in [2.24, 2.45) is 0 Å². The van der Waals surface area contributed by atoms with Crippen molar-refractivity contribution >= 4 is 10.9 Å². The van der Waals surface area contributed by atoms with Gasteiger partial charge in [0.05, 0.1) is 0 Å². The minimum Gasteiger partial charge on any atom is -0.344 e. The Morgan fingerprint density at radius 3 is 2.61 bits per heavy atom. The van der Waals surface area contributed by atoms with Gasteiger partial charge in [-0.3, -0.25) is 0 Å². The molecule has 0 fully saturated rings. The van der Waals surface area contributed by atoms with Crippen molar-refractivity contribution in [3.8, 4) is 0 Å². The third kappa shape index (κ3) is 2.79. The summed E-state index contributed by atoms with van der Waals surface area (Å²) in [5, 5.41) is 1.45. The Bertz CT molecular complexity index is 801. The summed E-state index contributed by atoms with van der Waals surface area (Å²) in [5.74, 6) is 0. The second kappa shape index (κ2) is 6.21. The number of hydrogen-bond donors (Lipinski definition) is 0. The van der Waals surface area contributed by atoms with Gasteiger partial charge in [0, 0.05) is 29.7 Å². The molecule has 0 spiro atoms. The predicted octanol–water partition coefficient (Wildman–Crippen LogP) is 4.26. The molecule has 0 amide bonds. The molecule has 0 aliphatic carbocycles. The quantitative estimate of drug-likeness (QED) is 0.702. The lowest BCUT2D eigenvalue weighted by molar-refractivity contribution is 0.333. The van der Waals surface area contributed by atoms with Crippen LogP contribution in [-0.4, -0.2) is 23.1 Å². The summed E-state index contributed by atoms with van der Waals surface area (Å²) in [6.07, 6.45) is 3.55. The van der Waals surface area contributed by atoms with Gasteiger partial charge in [-0.1, -0.05) is 48.5 Å². The van der Waals surface area contributed by atoms with Crippen LogP contribution in [0.1, 0.15) is 23.2 Å². The van der Waals surface area contributed by atoms with Gasteiger partial charge >= 0.3 is 0 Å². The van der Waals surface area contributed by atoms with E-state index in [0.717, 1.165) is 19.5 Å². The predicted molar refractivity (Wildman–Crippen MR) is 96.7 cm³/mol. The molecule has 2 nitrogen and oxygen atoms in total. The molecule has 4 rings (SSSR count). The van der Waals surface area contributed by atoms with Gasteiger partial charge in [0.25, 0.3) is 0 Å². The van der Waals surface area contributed by atoms with E-state index in [4.69, 9.17) is 0 Å². The zero-order chi connectivity index (χ0) is 15.6. The van der Waals surface area contributed by atoms with Gasteiger partial charge in [-0.05, 0) is 50.0 Å². The molecule has 0 bridgehead atoms. The molecule has 1 aromatic heterocycles. The minimum absolute atomic E-state index is 1.07. The van der Waals surface area contributed by atoms with E-state index in [2.05, 4.69) is 71.1 Å². The maximum atomic E-state index is 2.58. The lowest BCUT2D eigenvalue weighted by Crippen LogP contribution is -2.16. The third-order valence-electron chi connectivity index (χ3n) is 5.04. The van der Waals surface area contributed by atoms with Crippen LogP contribution in [0.2, 0.25) is 0 Å². The van der Waals surface area contributed by atoms with E-state index in [1.54, 1.807) is 11.3 Å². The van der Waals surface area contributed by atoms with Crippen LogP contribution in [0, 0.1) is 0 Å². The number of nitrogens with zero attached hydrogens (tertiary/aromatic N) is 2. The van der Waals surface area contributed by atoms with Crippen LogP contribution in [0.25, 0.3) is 10.9 Å². The number of aryl methyl sites for hydroxylation is 2. The Morgan fingerprint density at radius 2 is 1.74 bits per heavy atom. The van der Waals surface area contributed by atoms with Crippen LogP contribution in [0.4, 0.5) is 0 Å². The average Bonchev–Trinajstić information content (AvgIpc) is 2.73. The third-order valence-corrected chi connectivity index (χ3v) is 5.04. The fourth-order valence-electron chi connectivity index (χ4n) is 3.90. The van der Waals surface area contributed by atoms with Gasteiger partial charge in [0.15, 0.2) is 0 Å². The van der Waals surface area contributed by atoms with Crippen LogP contribution in [-0.2, 0) is 25.9 Å². The molecule has 2 heterocycles. The van der Waals surface area contributed by atoms with Gasteiger partial charge in [0.2, 0.25) is 0 Å².